The van der Waals surface area contributed by atoms with E-state index in [1.54, 1.807) is 0 Å². The number of rotatable bonds is 6. The van der Waals surface area contributed by atoms with Gasteiger partial charge in [0.1, 0.15) is 5.75 Å². The lowest BCUT2D eigenvalue weighted by molar-refractivity contribution is 0.274. The van der Waals surface area contributed by atoms with Gasteiger partial charge in [0.15, 0.2) is 0 Å². The van der Waals surface area contributed by atoms with Crippen LogP contribution in [-0.2, 0) is 0 Å². The van der Waals surface area contributed by atoms with Crippen LogP contribution in [-0.4, -0.2) is 31.6 Å². The highest BCUT2D eigenvalue weighted by Gasteiger charge is 2.01. The van der Waals surface area contributed by atoms with E-state index in [4.69, 9.17) is 22.8 Å². The summed E-state index contributed by atoms with van der Waals surface area (Å²) < 4.78 is 5.61. The van der Waals surface area contributed by atoms with Crippen LogP contribution in [0.25, 0.3) is 0 Å². The van der Waals surface area contributed by atoms with Crippen LogP contribution >= 0.6 is 11.6 Å². The molecule has 0 saturated heterocycles. The smallest absolute Gasteiger partial charge is 0.137 e. The Labute approximate surface area is 109 Å². The second-order valence-corrected chi connectivity index (χ2v) is 4.48. The Kier molecular flexibility index (Phi) is 5.90. The second kappa shape index (κ2) is 7.21. The highest BCUT2D eigenvalue weighted by molar-refractivity contribution is 6.32. The second-order valence-electron chi connectivity index (χ2n) is 4.08. The molecule has 0 fully saturated rings. The predicted molar refractivity (Wildman–Crippen MR) is 72.6 cm³/mol. The Morgan fingerprint density at radius 3 is 2.88 bits per heavy atom. The third-order valence-electron chi connectivity index (χ3n) is 2.39. The Hall–Kier alpha value is -1.17. The Bertz CT molecular complexity index is 398. The van der Waals surface area contributed by atoms with Crippen LogP contribution in [0.15, 0.2) is 18.2 Å². The van der Waals surface area contributed by atoms with Crippen molar-refractivity contribution in [2.45, 2.75) is 13.3 Å². The summed E-state index contributed by atoms with van der Waals surface area (Å²) in [6.45, 7) is 4.25. The van der Waals surface area contributed by atoms with Crippen molar-refractivity contribution >= 4 is 11.6 Å². The van der Waals surface area contributed by atoms with E-state index in [0.29, 0.717) is 18.2 Å². The molecule has 1 aromatic rings. The van der Waals surface area contributed by atoms with E-state index in [0.717, 1.165) is 24.3 Å². The summed E-state index contributed by atoms with van der Waals surface area (Å²) in [6, 6.07) is 5.80. The number of hydrogen-bond donors (Lipinski definition) is 0. The van der Waals surface area contributed by atoms with Crippen LogP contribution in [0.4, 0.5) is 0 Å². The van der Waals surface area contributed by atoms with Crippen LogP contribution in [0.2, 0.25) is 5.02 Å². The maximum absolute atomic E-state index is 6.06. The van der Waals surface area contributed by atoms with Crippen molar-refractivity contribution in [3.05, 3.63) is 28.8 Å². The summed E-state index contributed by atoms with van der Waals surface area (Å²) in [5.74, 6) is 3.35. The number of hydrogen-bond acceptors (Lipinski definition) is 2. The number of aryl methyl sites for hydroxylation is 1. The monoisotopic (exact) mass is 251 g/mol. The maximum atomic E-state index is 6.06. The van der Waals surface area contributed by atoms with Gasteiger partial charge in [-0.2, -0.15) is 0 Å². The summed E-state index contributed by atoms with van der Waals surface area (Å²) in [7, 11) is 2.00. The fraction of sp³-hybridized carbons (Fsp3) is 0.429. The Morgan fingerprint density at radius 1 is 1.47 bits per heavy atom. The van der Waals surface area contributed by atoms with Gasteiger partial charge in [0.05, 0.1) is 18.2 Å². The molecule has 0 radical (unpaired) electrons. The highest BCUT2D eigenvalue weighted by Crippen LogP contribution is 2.25. The zero-order valence-electron chi connectivity index (χ0n) is 10.4. The van der Waals surface area contributed by atoms with E-state index >= 15 is 0 Å². The number of nitrogens with zero attached hydrogens (tertiary/aromatic N) is 1. The standard InChI is InChI=1S/C14H18ClNO/c1-4-8-16(3)9-5-10-17-14-7-6-12(2)11-13(14)15/h1,6-7,11H,5,8-10H2,2-3H3. The Balaban J connectivity index is 2.29. The Morgan fingerprint density at radius 2 is 2.24 bits per heavy atom. The van der Waals surface area contributed by atoms with E-state index in [9.17, 15) is 0 Å². The molecule has 0 amide bonds. The van der Waals surface area contributed by atoms with Crippen molar-refractivity contribution < 1.29 is 4.74 Å². The van der Waals surface area contributed by atoms with Gasteiger partial charge in [-0.3, -0.25) is 4.90 Å². The van der Waals surface area contributed by atoms with E-state index in [2.05, 4.69) is 10.8 Å². The quantitative estimate of drug-likeness (QED) is 0.569. The summed E-state index contributed by atoms with van der Waals surface area (Å²) in [5, 5.41) is 0.668. The molecule has 0 atom stereocenters. The molecule has 1 rings (SSSR count). The van der Waals surface area contributed by atoms with Gasteiger partial charge in [-0.05, 0) is 38.1 Å². The average molecular weight is 252 g/mol. The number of halogens is 1. The molecule has 0 unspecified atom stereocenters. The lowest BCUT2D eigenvalue weighted by Crippen LogP contribution is -2.21. The normalized spacial score (nSPS) is 10.3. The summed E-state index contributed by atoms with van der Waals surface area (Å²) in [5.41, 5.74) is 1.14. The lowest BCUT2D eigenvalue weighted by Gasteiger charge is -2.13. The van der Waals surface area contributed by atoms with Gasteiger partial charge in [-0.1, -0.05) is 23.6 Å². The molecule has 0 aliphatic rings. The molecule has 0 spiro atoms. The first-order valence-corrected chi connectivity index (χ1v) is 6.02. The largest absolute Gasteiger partial charge is 0.492 e. The van der Waals surface area contributed by atoms with Crippen LogP contribution in [0.3, 0.4) is 0 Å². The topological polar surface area (TPSA) is 12.5 Å². The first-order chi connectivity index (χ1) is 8.13. The fourth-order valence-corrected chi connectivity index (χ4v) is 1.76. The summed E-state index contributed by atoms with van der Waals surface area (Å²) in [6.07, 6.45) is 6.15. The molecule has 0 heterocycles. The van der Waals surface area contributed by atoms with Crippen LogP contribution < -0.4 is 4.74 Å². The molecular weight excluding hydrogens is 234 g/mol. The third-order valence-corrected chi connectivity index (χ3v) is 2.69. The van der Waals surface area contributed by atoms with Crippen LogP contribution in [0, 0.1) is 19.3 Å². The van der Waals surface area contributed by atoms with E-state index in [-0.39, 0.29) is 0 Å². The van der Waals surface area contributed by atoms with Crippen LogP contribution in [0.1, 0.15) is 12.0 Å². The average Bonchev–Trinajstić information content (AvgIpc) is 2.27. The lowest BCUT2D eigenvalue weighted by atomic mass is 10.2. The molecule has 0 saturated carbocycles. The molecule has 2 nitrogen and oxygen atoms in total. The zero-order chi connectivity index (χ0) is 12.7. The minimum absolute atomic E-state index is 0.650. The van der Waals surface area contributed by atoms with Gasteiger partial charge in [-0.15, -0.1) is 6.42 Å². The molecule has 0 aromatic heterocycles. The molecule has 0 aliphatic carbocycles. The first-order valence-electron chi connectivity index (χ1n) is 5.64. The van der Waals surface area contributed by atoms with E-state index in [1.165, 1.54) is 0 Å². The van der Waals surface area contributed by atoms with Crippen molar-refractivity contribution in [1.82, 2.24) is 4.90 Å². The van der Waals surface area contributed by atoms with Crippen molar-refractivity contribution in [2.24, 2.45) is 0 Å². The first kappa shape index (κ1) is 13.9. The highest BCUT2D eigenvalue weighted by atomic mass is 35.5. The molecule has 1 aromatic carbocycles. The molecular formula is C14H18ClNO. The minimum Gasteiger partial charge on any atom is -0.492 e. The molecule has 0 bridgehead atoms. The van der Waals surface area contributed by atoms with Gasteiger partial charge < -0.3 is 4.74 Å². The van der Waals surface area contributed by atoms with Gasteiger partial charge in [0.2, 0.25) is 0 Å². The third kappa shape index (κ3) is 5.12. The molecule has 0 aliphatic heterocycles. The van der Waals surface area contributed by atoms with Crippen molar-refractivity contribution in [3.63, 3.8) is 0 Å². The predicted octanol–water partition coefficient (Wildman–Crippen LogP) is 2.98. The van der Waals surface area contributed by atoms with E-state index in [1.807, 2.05) is 32.2 Å². The van der Waals surface area contributed by atoms with Crippen molar-refractivity contribution in [1.29, 1.82) is 0 Å². The zero-order valence-corrected chi connectivity index (χ0v) is 11.1. The molecule has 92 valence electrons. The fourth-order valence-electron chi connectivity index (χ4n) is 1.47. The summed E-state index contributed by atoms with van der Waals surface area (Å²) >= 11 is 6.06. The van der Waals surface area contributed by atoms with Gasteiger partial charge in [0.25, 0.3) is 0 Å². The molecule has 17 heavy (non-hydrogen) atoms. The van der Waals surface area contributed by atoms with Crippen LogP contribution in [0.5, 0.6) is 5.75 Å². The number of benzene rings is 1. The SMILES string of the molecule is C#CCN(C)CCCOc1ccc(C)cc1Cl. The maximum Gasteiger partial charge on any atom is 0.137 e. The van der Waals surface area contributed by atoms with E-state index < -0.39 is 0 Å². The van der Waals surface area contributed by atoms with Gasteiger partial charge >= 0.3 is 0 Å². The van der Waals surface area contributed by atoms with Crippen molar-refractivity contribution in [3.8, 4) is 18.1 Å². The molecule has 0 N–H and O–H groups in total. The molecule has 3 heteroatoms. The van der Waals surface area contributed by atoms with Gasteiger partial charge in [0, 0.05) is 6.54 Å². The summed E-state index contributed by atoms with van der Waals surface area (Å²) in [4.78, 5) is 2.08. The number of ether oxygens (including phenoxy) is 1. The van der Waals surface area contributed by atoms with Gasteiger partial charge in [-0.25, -0.2) is 0 Å². The minimum atomic E-state index is 0.650. The van der Waals surface area contributed by atoms with Crippen molar-refractivity contribution in [2.75, 3.05) is 26.7 Å². The number of terminal acetylenes is 1.